The lowest BCUT2D eigenvalue weighted by Crippen LogP contribution is -1.83. The highest BCUT2D eigenvalue weighted by Crippen LogP contribution is 2.30. The van der Waals surface area contributed by atoms with Crippen molar-refractivity contribution in [2.24, 2.45) is 0 Å². The summed E-state index contributed by atoms with van der Waals surface area (Å²) in [4.78, 5) is 10.5. The Morgan fingerprint density at radius 2 is 2.00 bits per heavy atom. The number of aromatic amines is 1. The van der Waals surface area contributed by atoms with Crippen LogP contribution in [0.25, 0.3) is 21.3 Å². The molecule has 0 unspecified atom stereocenters. The molecule has 1 N–H and O–H groups in total. The Hall–Kier alpha value is -1.48. The summed E-state index contributed by atoms with van der Waals surface area (Å²) in [5.74, 6) is 1.53. The van der Waals surface area contributed by atoms with Crippen molar-refractivity contribution in [2.75, 3.05) is 0 Å². The Balaban J connectivity index is 1.45. The van der Waals surface area contributed by atoms with Crippen molar-refractivity contribution < 1.29 is 0 Å². The van der Waals surface area contributed by atoms with Gasteiger partial charge in [0.1, 0.15) is 5.01 Å². The van der Waals surface area contributed by atoms with E-state index >= 15 is 0 Å². The number of thiazole rings is 1. The van der Waals surface area contributed by atoms with Crippen LogP contribution in [-0.4, -0.2) is 20.2 Å². The first-order chi connectivity index (χ1) is 11.8. The first-order valence-corrected chi connectivity index (χ1v) is 10.6. The van der Waals surface area contributed by atoms with Crippen molar-refractivity contribution >= 4 is 50.4 Å². The van der Waals surface area contributed by atoms with Gasteiger partial charge in [-0.3, -0.25) is 5.10 Å². The molecule has 3 heterocycles. The summed E-state index contributed by atoms with van der Waals surface area (Å²) in [6.07, 6.45) is 0. The maximum absolute atomic E-state index is 4.68. The molecule has 4 aromatic rings. The summed E-state index contributed by atoms with van der Waals surface area (Å²) in [5.41, 5.74) is 2.06. The first-order valence-electron chi connectivity index (χ1n) is 7.08. The number of nitrogens with zero attached hydrogens (tertiary/aromatic N) is 3. The monoisotopic (exact) mass is 434 g/mol. The molecule has 0 spiro atoms. The zero-order chi connectivity index (χ0) is 16.4. The number of hydrogen-bond acceptors (Lipinski definition) is 6. The number of thiophene rings is 1. The minimum Gasteiger partial charge on any atom is -0.258 e. The van der Waals surface area contributed by atoms with E-state index in [1.807, 2.05) is 30.3 Å². The molecule has 24 heavy (non-hydrogen) atoms. The van der Waals surface area contributed by atoms with E-state index in [0.29, 0.717) is 0 Å². The van der Waals surface area contributed by atoms with Crippen molar-refractivity contribution in [3.8, 4) is 21.3 Å². The largest absolute Gasteiger partial charge is 0.258 e. The fraction of sp³-hybridized carbons (Fsp3) is 0.0625. The minimum absolute atomic E-state index is 0.728. The summed E-state index contributed by atoms with van der Waals surface area (Å²) in [7, 11) is 0. The molecule has 0 aliphatic carbocycles. The normalized spacial score (nSPS) is 11.0. The van der Waals surface area contributed by atoms with Crippen LogP contribution in [0.4, 0.5) is 0 Å². The molecule has 3 aromatic heterocycles. The van der Waals surface area contributed by atoms with E-state index in [9.17, 15) is 0 Å². The molecule has 4 nitrogen and oxygen atoms in total. The molecule has 0 aliphatic heterocycles. The Bertz CT molecular complexity index is 946. The summed E-state index contributed by atoms with van der Waals surface area (Å²) < 4.78 is 0.998. The van der Waals surface area contributed by atoms with E-state index < -0.39 is 0 Å². The quantitative estimate of drug-likeness (QED) is 0.408. The second kappa shape index (κ2) is 7.18. The van der Waals surface area contributed by atoms with E-state index in [4.69, 9.17) is 0 Å². The smallest absolute Gasteiger partial charge is 0.209 e. The number of nitrogens with one attached hydrogen (secondary N) is 1. The summed E-state index contributed by atoms with van der Waals surface area (Å²) >= 11 is 8.51. The Labute approximate surface area is 159 Å². The number of rotatable bonds is 5. The van der Waals surface area contributed by atoms with Crippen molar-refractivity contribution in [1.29, 1.82) is 0 Å². The van der Waals surface area contributed by atoms with E-state index in [-0.39, 0.29) is 0 Å². The highest BCUT2D eigenvalue weighted by Gasteiger charge is 2.11. The van der Waals surface area contributed by atoms with Crippen LogP contribution in [0.3, 0.4) is 0 Å². The molecule has 120 valence electrons. The topological polar surface area (TPSA) is 54.5 Å². The van der Waals surface area contributed by atoms with Gasteiger partial charge in [-0.25, -0.2) is 9.97 Å². The van der Waals surface area contributed by atoms with Gasteiger partial charge in [-0.05, 0) is 17.5 Å². The van der Waals surface area contributed by atoms with Gasteiger partial charge in [-0.15, -0.1) is 27.8 Å². The number of benzene rings is 1. The number of aromatic nitrogens is 4. The summed E-state index contributed by atoms with van der Waals surface area (Å²) in [5, 5.41) is 13.3. The maximum Gasteiger partial charge on any atom is 0.209 e. The molecule has 4 rings (SSSR count). The van der Waals surface area contributed by atoms with Gasteiger partial charge >= 0.3 is 0 Å². The van der Waals surface area contributed by atoms with Gasteiger partial charge in [0.15, 0.2) is 5.82 Å². The van der Waals surface area contributed by atoms with Crippen LogP contribution in [0.15, 0.2) is 56.8 Å². The van der Waals surface area contributed by atoms with E-state index in [2.05, 4.69) is 52.9 Å². The number of H-pyrrole nitrogens is 1. The molecule has 0 atom stereocenters. The van der Waals surface area contributed by atoms with Gasteiger partial charge in [0, 0.05) is 21.2 Å². The van der Waals surface area contributed by atoms with Crippen LogP contribution in [0.5, 0.6) is 0 Å². The molecule has 0 saturated heterocycles. The second-order valence-electron chi connectivity index (χ2n) is 4.86. The number of halogens is 1. The standard InChI is InChI=1S/C16H11BrN4S3/c17-12-5-2-1-4-11(12)14-19-16(21-20-14)24-9-10-8-23-15(18-10)13-6-3-7-22-13/h1-8H,9H2,(H,19,20,21). The van der Waals surface area contributed by atoms with Gasteiger partial charge in [0.2, 0.25) is 5.16 Å². The third kappa shape index (κ3) is 3.46. The zero-order valence-corrected chi connectivity index (χ0v) is 16.3. The first kappa shape index (κ1) is 16.0. The van der Waals surface area contributed by atoms with Crippen molar-refractivity contribution in [1.82, 2.24) is 20.2 Å². The molecule has 0 radical (unpaired) electrons. The zero-order valence-electron chi connectivity index (χ0n) is 12.3. The van der Waals surface area contributed by atoms with Gasteiger partial charge in [-0.1, -0.05) is 52.0 Å². The predicted octanol–water partition coefficient (Wildman–Crippen LogP) is 5.71. The third-order valence-electron chi connectivity index (χ3n) is 3.23. The summed E-state index contributed by atoms with van der Waals surface area (Å²) in [6, 6.07) is 12.1. The van der Waals surface area contributed by atoms with E-state index in [1.165, 1.54) is 4.88 Å². The van der Waals surface area contributed by atoms with Gasteiger partial charge in [0.25, 0.3) is 0 Å². The molecule has 0 bridgehead atoms. The Morgan fingerprint density at radius 3 is 2.83 bits per heavy atom. The molecule has 0 aliphatic rings. The van der Waals surface area contributed by atoms with Crippen LogP contribution in [0.2, 0.25) is 0 Å². The average Bonchev–Trinajstić information content (AvgIpc) is 3.34. The number of hydrogen-bond donors (Lipinski definition) is 1. The van der Waals surface area contributed by atoms with Gasteiger partial charge < -0.3 is 0 Å². The fourth-order valence-electron chi connectivity index (χ4n) is 2.11. The highest BCUT2D eigenvalue weighted by molar-refractivity contribution is 9.10. The third-order valence-corrected chi connectivity index (χ3v) is 6.73. The van der Waals surface area contributed by atoms with Crippen molar-refractivity contribution in [3.63, 3.8) is 0 Å². The predicted molar refractivity (Wildman–Crippen MR) is 105 cm³/mol. The fourth-order valence-corrected chi connectivity index (χ4v) is 5.01. The Morgan fingerprint density at radius 1 is 1.08 bits per heavy atom. The van der Waals surface area contributed by atoms with E-state index in [1.54, 1.807) is 34.4 Å². The van der Waals surface area contributed by atoms with Gasteiger partial charge in [-0.2, -0.15) is 0 Å². The van der Waals surface area contributed by atoms with Crippen LogP contribution < -0.4 is 0 Å². The number of thioether (sulfide) groups is 1. The van der Waals surface area contributed by atoms with Crippen molar-refractivity contribution in [3.05, 3.63) is 57.3 Å². The molecule has 1 aromatic carbocycles. The molecule has 0 saturated carbocycles. The molecular weight excluding hydrogens is 424 g/mol. The SMILES string of the molecule is Brc1ccccc1-c1nc(SCc2csc(-c3cccs3)n2)n[nH]1. The lowest BCUT2D eigenvalue weighted by molar-refractivity contribution is 0.972. The van der Waals surface area contributed by atoms with Crippen LogP contribution in [0, 0.1) is 0 Å². The van der Waals surface area contributed by atoms with Gasteiger partial charge in [0.05, 0.1) is 10.6 Å². The molecule has 0 amide bonds. The average molecular weight is 435 g/mol. The maximum atomic E-state index is 4.68. The Kier molecular flexibility index (Phi) is 4.79. The van der Waals surface area contributed by atoms with E-state index in [0.717, 1.165) is 37.5 Å². The minimum atomic E-state index is 0.728. The van der Waals surface area contributed by atoms with Crippen LogP contribution in [-0.2, 0) is 5.75 Å². The van der Waals surface area contributed by atoms with Crippen LogP contribution in [0.1, 0.15) is 5.69 Å². The lowest BCUT2D eigenvalue weighted by atomic mass is 10.2. The van der Waals surface area contributed by atoms with Crippen LogP contribution >= 0.6 is 50.4 Å². The lowest BCUT2D eigenvalue weighted by Gasteiger charge is -1.98. The molecule has 8 heteroatoms. The summed E-state index contributed by atoms with van der Waals surface area (Å²) in [6.45, 7) is 0. The second-order valence-corrected chi connectivity index (χ2v) is 8.46. The highest BCUT2D eigenvalue weighted by atomic mass is 79.9. The molecular formula is C16H11BrN4S3. The van der Waals surface area contributed by atoms with Crippen molar-refractivity contribution in [2.45, 2.75) is 10.9 Å². The molecule has 0 fully saturated rings.